The molecule has 0 heterocycles. The van der Waals surface area contributed by atoms with Crippen molar-refractivity contribution in [3.63, 3.8) is 0 Å². The fourth-order valence-electron chi connectivity index (χ4n) is 2.39. The summed E-state index contributed by atoms with van der Waals surface area (Å²) in [5.41, 5.74) is 8.36. The van der Waals surface area contributed by atoms with Crippen molar-refractivity contribution >= 4 is 36.5 Å². The van der Waals surface area contributed by atoms with E-state index in [2.05, 4.69) is 10.2 Å². The topological polar surface area (TPSA) is 143 Å². The van der Waals surface area contributed by atoms with Crippen LogP contribution in [0.3, 0.4) is 0 Å². The van der Waals surface area contributed by atoms with Crippen LogP contribution in [0.25, 0.3) is 0 Å². The van der Waals surface area contributed by atoms with E-state index in [0.29, 0.717) is 12.8 Å². The lowest BCUT2D eigenvalue weighted by Crippen LogP contribution is -2.47. The van der Waals surface area contributed by atoms with Gasteiger partial charge in [-0.25, -0.2) is 0 Å². The van der Waals surface area contributed by atoms with Crippen molar-refractivity contribution in [3.8, 4) is 0 Å². The summed E-state index contributed by atoms with van der Waals surface area (Å²) in [6.07, 6.45) is 0.744. The maximum Gasteiger partial charge on any atom is 0.138 e. The number of hydrogen-bond donors (Lipinski definition) is 4. The molecule has 0 aliphatic heterocycles. The summed E-state index contributed by atoms with van der Waals surface area (Å²) in [7, 11) is 3.19. The van der Waals surface area contributed by atoms with Crippen molar-refractivity contribution in [2.75, 3.05) is 14.2 Å². The lowest BCUT2D eigenvalue weighted by molar-refractivity contribution is 0.00192. The average molecular weight is 415 g/mol. The third-order valence-corrected chi connectivity index (χ3v) is 4.30. The van der Waals surface area contributed by atoms with Gasteiger partial charge in [-0.1, -0.05) is 0 Å². The number of ether oxygens (including phenoxy) is 2. The summed E-state index contributed by atoms with van der Waals surface area (Å²) < 4.78 is 10.8. The minimum absolute atomic E-state index is 0. The van der Waals surface area contributed by atoms with Gasteiger partial charge in [0.05, 0.1) is 11.2 Å². The van der Waals surface area contributed by atoms with Crippen LogP contribution in [0.1, 0.15) is 54.4 Å². The Bertz CT molecular complexity index is 469. The summed E-state index contributed by atoms with van der Waals surface area (Å²) in [4.78, 5) is 0. The molecule has 2 unspecified atom stereocenters. The summed E-state index contributed by atoms with van der Waals surface area (Å²) in [5, 5.41) is 24.4. The molecule has 0 bridgehead atoms. The highest BCUT2D eigenvalue weighted by molar-refractivity contribution is 5.88. The first-order valence-electron chi connectivity index (χ1n) is 7.86. The lowest BCUT2D eigenvalue weighted by atomic mass is 9.86. The minimum atomic E-state index is -1.05. The Balaban J connectivity index is -0.00000264. The van der Waals surface area contributed by atoms with Gasteiger partial charge in [0.15, 0.2) is 0 Å². The molecule has 0 rings (SSSR count). The van der Waals surface area contributed by atoms with Gasteiger partial charge in [-0.3, -0.25) is 10.8 Å². The van der Waals surface area contributed by atoms with Crippen LogP contribution in [-0.4, -0.2) is 48.2 Å². The van der Waals surface area contributed by atoms with Crippen LogP contribution in [0.15, 0.2) is 10.2 Å². The van der Waals surface area contributed by atoms with Crippen LogP contribution in [0, 0.1) is 10.8 Å². The Morgan fingerprint density at radius 3 is 1.12 bits per heavy atom. The highest BCUT2D eigenvalue weighted by atomic mass is 35.5. The molecule has 0 aromatic carbocycles. The molecule has 156 valence electrons. The quantitative estimate of drug-likeness (QED) is 0.247. The lowest BCUT2D eigenvalue weighted by Gasteiger charge is -2.35. The molecule has 6 N–H and O–H groups in total. The standard InChI is InChI=1S/C16H34N6O2.2ClH/c1-13(2,23-7)9-15(5,11(17)18)21-22-16(6,12(19)20)10-14(3,4)24-8;;/h9-10H2,1-8H3,(H3,17,18)(H3,19,20);2*1H. The van der Waals surface area contributed by atoms with Crippen LogP contribution >= 0.6 is 24.8 Å². The molecule has 0 radical (unpaired) electrons. The smallest absolute Gasteiger partial charge is 0.138 e. The predicted octanol–water partition coefficient (Wildman–Crippen LogP) is 3.30. The maximum atomic E-state index is 7.89. The van der Waals surface area contributed by atoms with Crippen molar-refractivity contribution < 1.29 is 9.47 Å². The number of amidine groups is 2. The third-order valence-electron chi connectivity index (χ3n) is 4.30. The zero-order valence-electron chi connectivity index (χ0n) is 17.1. The van der Waals surface area contributed by atoms with E-state index in [1.165, 1.54) is 0 Å². The number of nitrogens with two attached hydrogens (primary N) is 2. The fourth-order valence-corrected chi connectivity index (χ4v) is 2.39. The van der Waals surface area contributed by atoms with Gasteiger partial charge < -0.3 is 20.9 Å². The van der Waals surface area contributed by atoms with Gasteiger partial charge in [-0.2, -0.15) is 10.2 Å². The number of nitrogens with one attached hydrogen (secondary N) is 2. The van der Waals surface area contributed by atoms with E-state index < -0.39 is 22.3 Å². The van der Waals surface area contributed by atoms with Crippen molar-refractivity contribution in [1.29, 1.82) is 10.8 Å². The average Bonchev–Trinajstić information content (AvgIpc) is 2.44. The molecular formula is C16H36Cl2N6O2. The number of nitrogens with zero attached hydrogens (tertiary/aromatic N) is 2. The summed E-state index contributed by atoms with van der Waals surface area (Å²) >= 11 is 0. The van der Waals surface area contributed by atoms with Gasteiger partial charge in [0.1, 0.15) is 22.7 Å². The molecule has 2 atom stereocenters. The van der Waals surface area contributed by atoms with E-state index in [4.69, 9.17) is 31.8 Å². The molecule has 0 fully saturated rings. The predicted molar refractivity (Wildman–Crippen MR) is 111 cm³/mol. The molecule has 10 heteroatoms. The van der Waals surface area contributed by atoms with Gasteiger partial charge in [0.25, 0.3) is 0 Å². The van der Waals surface area contributed by atoms with E-state index in [9.17, 15) is 0 Å². The maximum absolute atomic E-state index is 7.89. The second kappa shape index (κ2) is 10.4. The molecule has 0 amide bonds. The normalized spacial score (nSPS) is 16.8. The van der Waals surface area contributed by atoms with E-state index in [1.807, 2.05) is 27.7 Å². The molecular weight excluding hydrogens is 379 g/mol. The van der Waals surface area contributed by atoms with Crippen LogP contribution < -0.4 is 11.5 Å². The molecule has 0 saturated heterocycles. The highest BCUT2D eigenvalue weighted by Crippen LogP contribution is 2.31. The van der Waals surface area contributed by atoms with Gasteiger partial charge >= 0.3 is 0 Å². The fraction of sp³-hybridized carbons (Fsp3) is 0.875. The second-order valence-electron chi connectivity index (χ2n) is 7.86. The number of rotatable bonds is 10. The first-order chi connectivity index (χ1) is 10.6. The van der Waals surface area contributed by atoms with E-state index in [1.54, 1.807) is 28.1 Å². The molecule has 26 heavy (non-hydrogen) atoms. The van der Waals surface area contributed by atoms with Crippen LogP contribution in [0.5, 0.6) is 0 Å². The van der Waals surface area contributed by atoms with Crippen molar-refractivity contribution in [2.24, 2.45) is 21.7 Å². The molecule has 8 nitrogen and oxygen atoms in total. The molecule has 0 saturated carbocycles. The monoisotopic (exact) mass is 414 g/mol. The number of methoxy groups -OCH3 is 2. The van der Waals surface area contributed by atoms with Gasteiger partial charge in [-0.05, 0) is 41.5 Å². The van der Waals surface area contributed by atoms with Crippen LogP contribution in [-0.2, 0) is 9.47 Å². The molecule has 0 aliphatic carbocycles. The first-order valence-corrected chi connectivity index (χ1v) is 7.86. The Kier molecular flexibility index (Phi) is 11.9. The zero-order chi connectivity index (χ0) is 19.4. The first kappa shape index (κ1) is 29.8. The number of hydrogen-bond acceptors (Lipinski definition) is 6. The highest BCUT2D eigenvalue weighted by Gasteiger charge is 2.39. The zero-order valence-corrected chi connectivity index (χ0v) is 18.7. The largest absolute Gasteiger partial charge is 0.386 e. The molecule has 0 aromatic rings. The molecule has 0 aliphatic rings. The SMILES string of the molecule is COC(C)(C)CC(C)(N=NC(C)(CC(C)(C)OC)C(=N)N)C(=N)N.Cl.Cl. The Morgan fingerprint density at radius 1 is 0.731 bits per heavy atom. The Morgan fingerprint density at radius 2 is 0.962 bits per heavy atom. The molecule has 0 spiro atoms. The van der Waals surface area contributed by atoms with Gasteiger partial charge in [0.2, 0.25) is 0 Å². The van der Waals surface area contributed by atoms with Gasteiger partial charge in [0, 0.05) is 27.1 Å². The van der Waals surface area contributed by atoms with Crippen molar-refractivity contribution in [3.05, 3.63) is 0 Å². The summed E-state index contributed by atoms with van der Waals surface area (Å²) in [6.45, 7) is 11.0. The minimum Gasteiger partial charge on any atom is -0.386 e. The number of halogens is 2. The van der Waals surface area contributed by atoms with E-state index in [0.717, 1.165) is 0 Å². The van der Waals surface area contributed by atoms with Crippen molar-refractivity contribution in [1.82, 2.24) is 0 Å². The van der Waals surface area contributed by atoms with E-state index >= 15 is 0 Å². The third kappa shape index (κ3) is 8.62. The summed E-state index contributed by atoms with van der Waals surface area (Å²) in [5.74, 6) is -0.235. The Hall–Kier alpha value is -0.960. The molecule has 0 aromatic heterocycles. The van der Waals surface area contributed by atoms with Crippen LogP contribution in [0.4, 0.5) is 0 Å². The second-order valence-corrected chi connectivity index (χ2v) is 7.86. The van der Waals surface area contributed by atoms with Crippen molar-refractivity contribution in [2.45, 2.75) is 76.7 Å². The van der Waals surface area contributed by atoms with Gasteiger partial charge in [-0.15, -0.1) is 24.8 Å². The van der Waals surface area contributed by atoms with Crippen LogP contribution in [0.2, 0.25) is 0 Å². The summed E-state index contributed by atoms with van der Waals surface area (Å²) in [6, 6.07) is 0. The van der Waals surface area contributed by atoms with E-state index in [-0.39, 0.29) is 36.5 Å². The number of azo groups is 1. The Labute approximate surface area is 169 Å².